The second kappa shape index (κ2) is 3.93. The van der Waals surface area contributed by atoms with Crippen molar-refractivity contribution in [3.05, 3.63) is 23.5 Å². The van der Waals surface area contributed by atoms with E-state index in [4.69, 9.17) is 12.2 Å². The molecule has 1 heterocycles. The fourth-order valence-corrected chi connectivity index (χ4v) is 1.84. The summed E-state index contributed by atoms with van der Waals surface area (Å²) in [6, 6.07) is 4.07. The zero-order chi connectivity index (χ0) is 8.27. The SMILES string of the molecule is CCSC(=S)c1ccc(C)[nH]1. The number of hydrogen-bond donors (Lipinski definition) is 1. The summed E-state index contributed by atoms with van der Waals surface area (Å²) in [5.41, 5.74) is 2.24. The van der Waals surface area contributed by atoms with Crippen LogP contribution >= 0.6 is 24.0 Å². The van der Waals surface area contributed by atoms with Gasteiger partial charge in [0.05, 0.1) is 9.89 Å². The maximum atomic E-state index is 5.16. The number of nitrogens with one attached hydrogen (secondary N) is 1. The lowest BCUT2D eigenvalue weighted by Gasteiger charge is -1.96. The van der Waals surface area contributed by atoms with Crippen LogP contribution in [0.25, 0.3) is 0 Å². The van der Waals surface area contributed by atoms with Crippen molar-refractivity contribution >= 4 is 28.2 Å². The molecule has 0 unspecified atom stereocenters. The molecule has 0 radical (unpaired) electrons. The van der Waals surface area contributed by atoms with Gasteiger partial charge >= 0.3 is 0 Å². The molecular formula is C8H11NS2. The molecule has 1 nitrogen and oxygen atoms in total. The Hall–Kier alpha value is -0.280. The van der Waals surface area contributed by atoms with Crippen LogP contribution in [0.1, 0.15) is 18.3 Å². The Bertz CT molecular complexity index is 252. The first-order chi connectivity index (χ1) is 5.24. The van der Waals surface area contributed by atoms with Gasteiger partial charge in [-0.3, -0.25) is 0 Å². The lowest BCUT2D eigenvalue weighted by Crippen LogP contribution is -1.91. The van der Waals surface area contributed by atoms with Gasteiger partial charge in [-0.25, -0.2) is 0 Å². The molecule has 1 rings (SSSR count). The van der Waals surface area contributed by atoms with Crippen LogP contribution in [-0.2, 0) is 0 Å². The molecule has 0 bridgehead atoms. The van der Waals surface area contributed by atoms with E-state index in [-0.39, 0.29) is 0 Å². The Morgan fingerprint density at radius 2 is 2.36 bits per heavy atom. The Labute approximate surface area is 76.6 Å². The molecule has 0 saturated carbocycles. The standard InChI is InChI=1S/C8H11NS2/c1-3-11-8(10)7-5-4-6(2)9-7/h4-5,9H,3H2,1-2H3. The molecule has 0 aliphatic rings. The van der Waals surface area contributed by atoms with Crippen LogP contribution in [0.2, 0.25) is 0 Å². The minimum atomic E-state index is 0.959. The van der Waals surface area contributed by atoms with Gasteiger partial charge in [0.1, 0.15) is 0 Å². The zero-order valence-electron chi connectivity index (χ0n) is 6.68. The van der Waals surface area contributed by atoms with Gasteiger partial charge in [0.15, 0.2) is 0 Å². The number of aryl methyl sites for hydroxylation is 1. The summed E-state index contributed by atoms with van der Waals surface area (Å²) in [6.07, 6.45) is 0. The Kier molecular flexibility index (Phi) is 3.15. The van der Waals surface area contributed by atoms with Crippen LogP contribution in [0.3, 0.4) is 0 Å². The molecule has 0 aliphatic heterocycles. The predicted octanol–water partition coefficient (Wildman–Crippen LogP) is 2.75. The first-order valence-corrected chi connectivity index (χ1v) is 4.96. The number of aromatic nitrogens is 1. The molecule has 0 aromatic carbocycles. The number of hydrogen-bond acceptors (Lipinski definition) is 2. The van der Waals surface area contributed by atoms with E-state index in [2.05, 4.69) is 11.9 Å². The van der Waals surface area contributed by atoms with E-state index >= 15 is 0 Å². The number of aromatic amines is 1. The summed E-state index contributed by atoms with van der Waals surface area (Å²) in [5, 5.41) is 0. The summed E-state index contributed by atoms with van der Waals surface area (Å²) in [7, 11) is 0. The maximum Gasteiger partial charge on any atom is 0.0941 e. The monoisotopic (exact) mass is 185 g/mol. The minimum Gasteiger partial charge on any atom is -0.358 e. The summed E-state index contributed by atoms with van der Waals surface area (Å²) in [4.78, 5) is 3.20. The molecule has 0 spiro atoms. The molecule has 0 fully saturated rings. The van der Waals surface area contributed by atoms with Crippen molar-refractivity contribution in [3.63, 3.8) is 0 Å². The second-order valence-electron chi connectivity index (χ2n) is 2.28. The molecular weight excluding hydrogens is 174 g/mol. The Balaban J connectivity index is 2.69. The van der Waals surface area contributed by atoms with Gasteiger partial charge in [0.25, 0.3) is 0 Å². The number of rotatable bonds is 2. The molecule has 1 N–H and O–H groups in total. The van der Waals surface area contributed by atoms with E-state index in [0.717, 1.165) is 15.6 Å². The normalized spacial score (nSPS) is 10.0. The average Bonchev–Trinajstić information content (AvgIpc) is 2.36. The average molecular weight is 185 g/mol. The van der Waals surface area contributed by atoms with Crippen LogP contribution in [0, 0.1) is 6.92 Å². The molecule has 1 aromatic rings. The van der Waals surface area contributed by atoms with Crippen LogP contribution < -0.4 is 0 Å². The highest BCUT2D eigenvalue weighted by atomic mass is 32.2. The zero-order valence-corrected chi connectivity index (χ0v) is 8.31. The molecule has 0 aliphatic carbocycles. The third-order valence-electron chi connectivity index (χ3n) is 1.33. The smallest absolute Gasteiger partial charge is 0.0941 e. The minimum absolute atomic E-state index is 0.959. The fourth-order valence-electron chi connectivity index (χ4n) is 0.832. The topological polar surface area (TPSA) is 15.8 Å². The van der Waals surface area contributed by atoms with Crippen molar-refractivity contribution in [2.24, 2.45) is 0 Å². The van der Waals surface area contributed by atoms with Gasteiger partial charge in [-0.2, -0.15) is 0 Å². The van der Waals surface area contributed by atoms with Crippen molar-refractivity contribution < 1.29 is 0 Å². The van der Waals surface area contributed by atoms with Gasteiger partial charge in [-0.1, -0.05) is 19.1 Å². The predicted molar refractivity (Wildman–Crippen MR) is 55.4 cm³/mol. The highest BCUT2D eigenvalue weighted by molar-refractivity contribution is 8.23. The largest absolute Gasteiger partial charge is 0.358 e. The number of thioether (sulfide) groups is 1. The highest BCUT2D eigenvalue weighted by Crippen LogP contribution is 2.12. The first kappa shape index (κ1) is 8.81. The van der Waals surface area contributed by atoms with Crippen LogP contribution in [-0.4, -0.2) is 14.9 Å². The molecule has 0 atom stereocenters. The summed E-state index contributed by atoms with van der Waals surface area (Å²) in [5.74, 6) is 1.04. The quantitative estimate of drug-likeness (QED) is 0.713. The summed E-state index contributed by atoms with van der Waals surface area (Å²) < 4.78 is 0.959. The van der Waals surface area contributed by atoms with Crippen molar-refractivity contribution in [2.45, 2.75) is 13.8 Å². The van der Waals surface area contributed by atoms with Gasteiger partial charge in [0, 0.05) is 5.69 Å². The molecule has 1 aromatic heterocycles. The van der Waals surface area contributed by atoms with Crippen molar-refractivity contribution in [1.29, 1.82) is 0 Å². The molecule has 0 saturated heterocycles. The second-order valence-corrected chi connectivity index (χ2v) is 4.22. The summed E-state index contributed by atoms with van der Waals surface area (Å²) >= 11 is 6.86. The van der Waals surface area contributed by atoms with Gasteiger partial charge in [-0.05, 0) is 24.8 Å². The van der Waals surface area contributed by atoms with E-state index in [1.54, 1.807) is 11.8 Å². The third kappa shape index (κ3) is 2.34. The Morgan fingerprint density at radius 3 is 2.82 bits per heavy atom. The molecule has 3 heteroatoms. The lowest BCUT2D eigenvalue weighted by atomic mass is 10.5. The van der Waals surface area contributed by atoms with E-state index < -0.39 is 0 Å². The Morgan fingerprint density at radius 1 is 1.64 bits per heavy atom. The third-order valence-corrected chi connectivity index (χ3v) is 2.67. The maximum absolute atomic E-state index is 5.16. The van der Waals surface area contributed by atoms with E-state index in [9.17, 15) is 0 Å². The van der Waals surface area contributed by atoms with Crippen LogP contribution in [0.5, 0.6) is 0 Å². The highest BCUT2D eigenvalue weighted by Gasteiger charge is 2.00. The molecule has 0 amide bonds. The fraction of sp³-hybridized carbons (Fsp3) is 0.375. The van der Waals surface area contributed by atoms with Crippen molar-refractivity contribution in [2.75, 3.05) is 5.75 Å². The molecule has 60 valence electrons. The van der Waals surface area contributed by atoms with Crippen LogP contribution in [0.15, 0.2) is 12.1 Å². The van der Waals surface area contributed by atoms with Gasteiger partial charge < -0.3 is 4.98 Å². The van der Waals surface area contributed by atoms with Gasteiger partial charge in [-0.15, -0.1) is 11.8 Å². The number of H-pyrrole nitrogens is 1. The first-order valence-electron chi connectivity index (χ1n) is 3.56. The summed E-state index contributed by atoms with van der Waals surface area (Å²) in [6.45, 7) is 4.13. The van der Waals surface area contributed by atoms with E-state index in [1.807, 2.05) is 19.1 Å². The molecule has 11 heavy (non-hydrogen) atoms. The van der Waals surface area contributed by atoms with Crippen molar-refractivity contribution in [3.8, 4) is 0 Å². The van der Waals surface area contributed by atoms with Crippen molar-refractivity contribution in [1.82, 2.24) is 4.98 Å². The number of thiocarbonyl (C=S) groups is 1. The van der Waals surface area contributed by atoms with Gasteiger partial charge in [0.2, 0.25) is 0 Å². The van der Waals surface area contributed by atoms with E-state index in [1.165, 1.54) is 5.69 Å². The van der Waals surface area contributed by atoms with E-state index in [0.29, 0.717) is 0 Å². The van der Waals surface area contributed by atoms with Crippen LogP contribution in [0.4, 0.5) is 0 Å². The lowest BCUT2D eigenvalue weighted by molar-refractivity contribution is 1.26.